The lowest BCUT2D eigenvalue weighted by Gasteiger charge is -2.16. The second-order valence-electron chi connectivity index (χ2n) is 6.63. The lowest BCUT2D eigenvalue weighted by Crippen LogP contribution is -2.31. The Labute approximate surface area is 164 Å². The van der Waals surface area contributed by atoms with Crippen molar-refractivity contribution in [2.24, 2.45) is 0 Å². The molecule has 1 amide bonds. The highest BCUT2D eigenvalue weighted by molar-refractivity contribution is 7.09. The van der Waals surface area contributed by atoms with Crippen LogP contribution in [0.2, 0.25) is 0 Å². The second-order valence-corrected chi connectivity index (χ2v) is 7.69. The van der Waals surface area contributed by atoms with Crippen molar-refractivity contribution in [2.45, 2.75) is 19.9 Å². The number of nitrogens with one attached hydrogen (secondary N) is 2. The molecule has 0 saturated heterocycles. The molecule has 1 heterocycles. The topological polar surface area (TPSA) is 57.3 Å². The number of hydrogen-bond donors (Lipinski definition) is 2. The maximum atomic E-state index is 12.4. The molecule has 27 heavy (non-hydrogen) atoms. The monoisotopic (exact) mass is 380 g/mol. The van der Waals surface area contributed by atoms with Crippen molar-refractivity contribution in [3.8, 4) is 11.3 Å². The van der Waals surface area contributed by atoms with Gasteiger partial charge in [-0.3, -0.25) is 4.79 Å². The van der Waals surface area contributed by atoms with Crippen molar-refractivity contribution >= 4 is 34.3 Å². The van der Waals surface area contributed by atoms with Gasteiger partial charge in [-0.15, -0.1) is 11.3 Å². The van der Waals surface area contributed by atoms with Crippen LogP contribution in [0.15, 0.2) is 53.9 Å². The molecule has 140 valence electrons. The van der Waals surface area contributed by atoms with Crippen molar-refractivity contribution in [1.82, 2.24) is 4.98 Å². The molecule has 0 aliphatic carbocycles. The van der Waals surface area contributed by atoms with Crippen LogP contribution in [0.3, 0.4) is 0 Å². The minimum absolute atomic E-state index is 0.0770. The first-order valence-electron chi connectivity index (χ1n) is 8.80. The summed E-state index contributed by atoms with van der Waals surface area (Å²) in [6.45, 7) is 3.85. The van der Waals surface area contributed by atoms with Crippen LogP contribution in [-0.4, -0.2) is 31.0 Å². The zero-order valence-corrected chi connectivity index (χ0v) is 16.8. The Morgan fingerprint density at radius 1 is 1.04 bits per heavy atom. The Kier molecular flexibility index (Phi) is 5.76. The van der Waals surface area contributed by atoms with Crippen LogP contribution >= 0.6 is 11.3 Å². The van der Waals surface area contributed by atoms with Crippen molar-refractivity contribution in [1.29, 1.82) is 0 Å². The summed E-state index contributed by atoms with van der Waals surface area (Å²) in [4.78, 5) is 18.9. The van der Waals surface area contributed by atoms with Gasteiger partial charge in [0.1, 0.15) is 6.04 Å². The number of aromatic nitrogens is 1. The molecule has 0 aliphatic rings. The van der Waals surface area contributed by atoms with Gasteiger partial charge in [0.2, 0.25) is 5.91 Å². The summed E-state index contributed by atoms with van der Waals surface area (Å²) in [5.41, 5.74) is 4.83. The minimum Gasteiger partial charge on any atom is -0.378 e. The number of carbonyl (C=O) groups excluding carboxylic acids is 1. The molecule has 0 bridgehead atoms. The van der Waals surface area contributed by atoms with E-state index in [0.29, 0.717) is 0 Å². The van der Waals surface area contributed by atoms with E-state index in [-0.39, 0.29) is 11.9 Å². The number of aryl methyl sites for hydroxylation is 1. The van der Waals surface area contributed by atoms with Gasteiger partial charge in [-0.2, -0.15) is 0 Å². The van der Waals surface area contributed by atoms with Crippen LogP contribution in [-0.2, 0) is 4.79 Å². The number of hydrogen-bond acceptors (Lipinski definition) is 5. The third-order valence-corrected chi connectivity index (χ3v) is 5.00. The van der Waals surface area contributed by atoms with E-state index in [2.05, 4.69) is 21.0 Å². The fourth-order valence-corrected chi connectivity index (χ4v) is 3.26. The van der Waals surface area contributed by atoms with Gasteiger partial charge >= 0.3 is 0 Å². The summed E-state index contributed by atoms with van der Waals surface area (Å²) in [5.74, 6) is -0.0770. The quantitative estimate of drug-likeness (QED) is 0.655. The van der Waals surface area contributed by atoms with E-state index in [4.69, 9.17) is 0 Å². The second kappa shape index (κ2) is 8.22. The predicted molar refractivity (Wildman–Crippen MR) is 115 cm³/mol. The lowest BCUT2D eigenvalue weighted by molar-refractivity contribution is -0.116. The van der Waals surface area contributed by atoms with Crippen molar-refractivity contribution in [3.63, 3.8) is 0 Å². The first kappa shape index (κ1) is 18.9. The number of thiazole rings is 1. The van der Waals surface area contributed by atoms with E-state index >= 15 is 0 Å². The number of benzene rings is 2. The van der Waals surface area contributed by atoms with Crippen LogP contribution < -0.4 is 15.5 Å². The lowest BCUT2D eigenvalue weighted by atomic mass is 10.1. The summed E-state index contributed by atoms with van der Waals surface area (Å²) in [7, 11) is 3.97. The maximum absolute atomic E-state index is 12.4. The number of nitrogens with zero attached hydrogens (tertiary/aromatic N) is 2. The molecule has 2 N–H and O–H groups in total. The Hall–Kier alpha value is -2.86. The van der Waals surface area contributed by atoms with E-state index in [1.807, 2.05) is 81.4 Å². The fraction of sp³-hybridized carbons (Fsp3) is 0.238. The van der Waals surface area contributed by atoms with Gasteiger partial charge in [0.15, 0.2) is 0 Å². The highest BCUT2D eigenvalue weighted by Crippen LogP contribution is 2.23. The highest BCUT2D eigenvalue weighted by Gasteiger charge is 2.13. The standard InChI is InChI=1S/C21H24N4OS/c1-14(21(26)24-18-9-11-19(12-10-18)25(3)4)22-17-7-5-16(6-8-17)20-13-27-15(2)23-20/h5-14,22H,1-4H3,(H,24,26). The molecule has 0 saturated carbocycles. The molecule has 0 aliphatic heterocycles. The molecular weight excluding hydrogens is 356 g/mol. The zero-order valence-electron chi connectivity index (χ0n) is 16.0. The molecule has 2 aromatic carbocycles. The van der Waals surface area contributed by atoms with Crippen LogP contribution in [0, 0.1) is 6.92 Å². The summed E-state index contributed by atoms with van der Waals surface area (Å²) in [5, 5.41) is 9.28. The van der Waals surface area contributed by atoms with E-state index in [0.717, 1.165) is 33.3 Å². The molecular formula is C21H24N4OS. The van der Waals surface area contributed by atoms with Gasteiger partial charge in [0.05, 0.1) is 10.7 Å². The molecule has 0 fully saturated rings. The summed E-state index contributed by atoms with van der Waals surface area (Å²) in [6.07, 6.45) is 0. The minimum atomic E-state index is -0.356. The van der Waals surface area contributed by atoms with Crippen molar-refractivity contribution < 1.29 is 4.79 Å². The Morgan fingerprint density at radius 2 is 1.67 bits per heavy atom. The Balaban J connectivity index is 1.59. The molecule has 0 spiro atoms. The van der Waals surface area contributed by atoms with Gasteiger partial charge in [-0.1, -0.05) is 12.1 Å². The molecule has 3 rings (SSSR count). The third kappa shape index (κ3) is 4.86. The summed E-state index contributed by atoms with van der Waals surface area (Å²) < 4.78 is 0. The Morgan fingerprint density at radius 3 is 2.22 bits per heavy atom. The summed E-state index contributed by atoms with van der Waals surface area (Å²) >= 11 is 1.64. The normalized spacial score (nSPS) is 11.7. The van der Waals surface area contributed by atoms with Gasteiger partial charge in [-0.25, -0.2) is 4.98 Å². The first-order valence-corrected chi connectivity index (χ1v) is 9.67. The maximum Gasteiger partial charge on any atom is 0.246 e. The number of amides is 1. The predicted octanol–water partition coefficient (Wildman–Crippen LogP) is 4.62. The zero-order chi connectivity index (χ0) is 19.4. The molecule has 0 radical (unpaired) electrons. The van der Waals surface area contributed by atoms with Crippen LogP contribution in [0.1, 0.15) is 11.9 Å². The van der Waals surface area contributed by atoms with Gasteiger partial charge in [0, 0.05) is 42.1 Å². The van der Waals surface area contributed by atoms with Crippen molar-refractivity contribution in [3.05, 3.63) is 58.9 Å². The van der Waals surface area contributed by atoms with Crippen LogP contribution in [0.5, 0.6) is 0 Å². The van der Waals surface area contributed by atoms with Gasteiger partial charge in [0.25, 0.3) is 0 Å². The van der Waals surface area contributed by atoms with E-state index in [1.165, 1.54) is 0 Å². The van der Waals surface area contributed by atoms with E-state index in [1.54, 1.807) is 11.3 Å². The van der Waals surface area contributed by atoms with E-state index < -0.39 is 0 Å². The molecule has 1 aromatic heterocycles. The fourth-order valence-electron chi connectivity index (χ4n) is 2.64. The number of carbonyl (C=O) groups is 1. The number of anilines is 3. The molecule has 5 nitrogen and oxygen atoms in total. The van der Waals surface area contributed by atoms with Gasteiger partial charge < -0.3 is 15.5 Å². The third-order valence-electron chi connectivity index (χ3n) is 4.23. The molecule has 6 heteroatoms. The average Bonchev–Trinajstić information content (AvgIpc) is 3.09. The summed E-state index contributed by atoms with van der Waals surface area (Å²) in [6, 6.07) is 15.4. The molecule has 1 atom stereocenters. The molecule has 1 unspecified atom stereocenters. The smallest absolute Gasteiger partial charge is 0.246 e. The SMILES string of the molecule is Cc1nc(-c2ccc(NC(C)C(=O)Nc3ccc(N(C)C)cc3)cc2)cs1. The number of rotatable bonds is 6. The largest absolute Gasteiger partial charge is 0.378 e. The average molecular weight is 381 g/mol. The molecule has 3 aromatic rings. The first-order chi connectivity index (χ1) is 12.9. The Bertz CT molecular complexity index is 901. The highest BCUT2D eigenvalue weighted by atomic mass is 32.1. The van der Waals surface area contributed by atoms with Gasteiger partial charge in [-0.05, 0) is 50.2 Å². The van der Waals surface area contributed by atoms with Crippen molar-refractivity contribution in [2.75, 3.05) is 29.6 Å². The van der Waals surface area contributed by atoms with Crippen LogP contribution in [0.25, 0.3) is 11.3 Å². The van der Waals surface area contributed by atoms with E-state index in [9.17, 15) is 4.79 Å². The van der Waals surface area contributed by atoms with Crippen LogP contribution in [0.4, 0.5) is 17.1 Å².